The van der Waals surface area contributed by atoms with Crippen molar-refractivity contribution in [1.29, 1.82) is 0 Å². The summed E-state index contributed by atoms with van der Waals surface area (Å²) in [5.74, 6) is -0.633. The van der Waals surface area contributed by atoms with Crippen LogP contribution in [0, 0.1) is 18.8 Å². The third-order valence-electron chi connectivity index (χ3n) is 4.13. The van der Waals surface area contributed by atoms with Crippen molar-refractivity contribution < 1.29 is 18.3 Å². The van der Waals surface area contributed by atoms with Crippen LogP contribution in [-0.2, 0) is 10.0 Å². The number of hydrogen-bond donors (Lipinski definition) is 1. The standard InChI is InChI=1S/C14H18ClNO4S/c1-8-6-16(7-9(8)2)21(19,20)13-5-11(15)4-12(10(13)3)14(17)18/h4-5,8-9H,6-7H2,1-3H3,(H,17,18). The molecule has 0 aliphatic carbocycles. The van der Waals surface area contributed by atoms with E-state index in [1.807, 2.05) is 13.8 Å². The number of hydrogen-bond acceptors (Lipinski definition) is 3. The fourth-order valence-electron chi connectivity index (χ4n) is 2.56. The zero-order valence-electron chi connectivity index (χ0n) is 12.1. The van der Waals surface area contributed by atoms with Crippen LogP contribution in [0.2, 0.25) is 5.02 Å². The van der Waals surface area contributed by atoms with Crippen LogP contribution in [0.4, 0.5) is 0 Å². The molecule has 1 heterocycles. The highest BCUT2D eigenvalue weighted by molar-refractivity contribution is 7.89. The van der Waals surface area contributed by atoms with Gasteiger partial charge in [0.05, 0.1) is 10.5 Å². The van der Waals surface area contributed by atoms with E-state index >= 15 is 0 Å². The van der Waals surface area contributed by atoms with Crippen LogP contribution < -0.4 is 0 Å². The van der Waals surface area contributed by atoms with E-state index in [9.17, 15) is 13.2 Å². The summed E-state index contributed by atoms with van der Waals surface area (Å²) in [7, 11) is -3.73. The van der Waals surface area contributed by atoms with Crippen LogP contribution in [0.3, 0.4) is 0 Å². The van der Waals surface area contributed by atoms with Gasteiger partial charge < -0.3 is 5.11 Å². The molecular weight excluding hydrogens is 314 g/mol. The molecule has 1 aromatic rings. The zero-order valence-corrected chi connectivity index (χ0v) is 13.7. The Morgan fingerprint density at radius 2 is 1.81 bits per heavy atom. The summed E-state index contributed by atoms with van der Waals surface area (Å²) < 4.78 is 26.9. The lowest BCUT2D eigenvalue weighted by molar-refractivity contribution is 0.0696. The second-order valence-electron chi connectivity index (χ2n) is 5.66. The topological polar surface area (TPSA) is 74.7 Å². The summed E-state index contributed by atoms with van der Waals surface area (Å²) in [6.45, 7) is 6.40. The molecule has 1 aliphatic rings. The zero-order chi connectivity index (χ0) is 15.9. The van der Waals surface area contributed by atoms with Crippen LogP contribution in [0.1, 0.15) is 29.8 Å². The van der Waals surface area contributed by atoms with E-state index in [0.717, 1.165) is 0 Å². The largest absolute Gasteiger partial charge is 0.478 e. The van der Waals surface area contributed by atoms with E-state index in [-0.39, 0.29) is 32.9 Å². The predicted octanol–water partition coefficient (Wildman–Crippen LogP) is 2.62. The third kappa shape index (κ3) is 2.93. The molecule has 1 aromatic carbocycles. The van der Waals surface area contributed by atoms with Gasteiger partial charge in [-0.3, -0.25) is 0 Å². The lowest BCUT2D eigenvalue weighted by Crippen LogP contribution is -2.30. The number of aromatic carboxylic acids is 1. The van der Waals surface area contributed by atoms with E-state index in [1.54, 1.807) is 0 Å². The number of rotatable bonds is 3. The molecule has 2 rings (SSSR count). The highest BCUT2D eigenvalue weighted by Gasteiger charge is 2.36. The number of benzene rings is 1. The summed E-state index contributed by atoms with van der Waals surface area (Å²) in [6.07, 6.45) is 0. The first-order valence-electron chi connectivity index (χ1n) is 6.68. The molecule has 1 saturated heterocycles. The Labute approximate surface area is 129 Å². The third-order valence-corrected chi connectivity index (χ3v) is 6.30. The van der Waals surface area contributed by atoms with Crippen LogP contribution in [0.15, 0.2) is 17.0 Å². The molecule has 1 fully saturated rings. The normalized spacial score (nSPS) is 23.4. The van der Waals surface area contributed by atoms with Crippen LogP contribution >= 0.6 is 11.6 Å². The number of sulfonamides is 1. The lowest BCUT2D eigenvalue weighted by Gasteiger charge is -2.19. The van der Waals surface area contributed by atoms with Crippen LogP contribution in [-0.4, -0.2) is 36.9 Å². The number of halogens is 1. The minimum Gasteiger partial charge on any atom is -0.478 e. The van der Waals surface area contributed by atoms with Crippen LogP contribution in [0.5, 0.6) is 0 Å². The van der Waals surface area contributed by atoms with Crippen molar-refractivity contribution in [2.45, 2.75) is 25.7 Å². The minimum atomic E-state index is -3.73. The summed E-state index contributed by atoms with van der Waals surface area (Å²) in [5.41, 5.74) is 0.139. The first kappa shape index (κ1) is 16.3. The van der Waals surface area contributed by atoms with Gasteiger partial charge in [-0.2, -0.15) is 4.31 Å². The van der Waals surface area contributed by atoms with Gasteiger partial charge in [-0.1, -0.05) is 25.4 Å². The van der Waals surface area contributed by atoms with Gasteiger partial charge in [-0.05, 0) is 36.5 Å². The van der Waals surface area contributed by atoms with Crippen molar-refractivity contribution in [3.05, 3.63) is 28.3 Å². The first-order chi connectivity index (χ1) is 9.64. The Kier molecular flexibility index (Phi) is 4.33. The lowest BCUT2D eigenvalue weighted by atomic mass is 10.0. The molecule has 0 spiro atoms. The van der Waals surface area contributed by atoms with E-state index in [2.05, 4.69) is 0 Å². The molecule has 0 bridgehead atoms. The molecule has 0 amide bonds. The molecule has 2 atom stereocenters. The highest BCUT2D eigenvalue weighted by atomic mass is 35.5. The molecule has 1 aliphatic heterocycles. The molecule has 0 radical (unpaired) electrons. The SMILES string of the molecule is Cc1c(C(=O)O)cc(Cl)cc1S(=O)(=O)N1CC(C)C(C)C1. The second kappa shape index (κ2) is 5.59. The van der Waals surface area contributed by atoms with E-state index < -0.39 is 16.0 Å². The first-order valence-corrected chi connectivity index (χ1v) is 8.50. The van der Waals surface area contributed by atoms with E-state index in [4.69, 9.17) is 16.7 Å². The fourth-order valence-corrected chi connectivity index (χ4v) is 4.75. The monoisotopic (exact) mass is 331 g/mol. The number of carboxylic acids is 1. The average Bonchev–Trinajstić information content (AvgIpc) is 2.72. The summed E-state index contributed by atoms with van der Waals surface area (Å²) >= 11 is 5.89. The van der Waals surface area contributed by atoms with Crippen molar-refractivity contribution in [1.82, 2.24) is 4.31 Å². The van der Waals surface area contributed by atoms with Gasteiger partial charge in [-0.15, -0.1) is 0 Å². The van der Waals surface area contributed by atoms with Gasteiger partial charge in [0.25, 0.3) is 0 Å². The maximum atomic E-state index is 12.7. The molecule has 7 heteroatoms. The minimum absolute atomic E-state index is 0.0197. The molecular formula is C14H18ClNO4S. The molecule has 116 valence electrons. The van der Waals surface area contributed by atoms with Crippen LogP contribution in [0.25, 0.3) is 0 Å². The van der Waals surface area contributed by atoms with Crippen molar-refractivity contribution in [3.8, 4) is 0 Å². The highest BCUT2D eigenvalue weighted by Crippen LogP contribution is 2.32. The molecule has 5 nitrogen and oxygen atoms in total. The Morgan fingerprint density at radius 1 is 1.29 bits per heavy atom. The maximum Gasteiger partial charge on any atom is 0.336 e. The van der Waals surface area contributed by atoms with Crippen molar-refractivity contribution in [2.75, 3.05) is 13.1 Å². The van der Waals surface area contributed by atoms with Gasteiger partial charge in [0.2, 0.25) is 10.0 Å². The maximum absolute atomic E-state index is 12.7. The summed E-state index contributed by atoms with van der Waals surface area (Å²) in [5, 5.41) is 9.27. The molecule has 2 unspecified atom stereocenters. The quantitative estimate of drug-likeness (QED) is 0.923. The average molecular weight is 332 g/mol. The Morgan fingerprint density at radius 3 is 2.29 bits per heavy atom. The Balaban J connectivity index is 2.53. The van der Waals surface area contributed by atoms with E-state index in [1.165, 1.54) is 23.4 Å². The second-order valence-corrected chi connectivity index (χ2v) is 8.00. The van der Waals surface area contributed by atoms with Crippen molar-refractivity contribution in [2.24, 2.45) is 11.8 Å². The number of carbonyl (C=O) groups is 1. The summed E-state index contributed by atoms with van der Waals surface area (Å²) in [6, 6.07) is 2.60. The van der Waals surface area contributed by atoms with E-state index in [0.29, 0.717) is 13.1 Å². The van der Waals surface area contributed by atoms with Gasteiger partial charge in [0.1, 0.15) is 0 Å². The van der Waals surface area contributed by atoms with Gasteiger partial charge in [0, 0.05) is 18.1 Å². The predicted molar refractivity (Wildman–Crippen MR) is 80.2 cm³/mol. The molecule has 1 N–H and O–H groups in total. The van der Waals surface area contributed by atoms with Crippen molar-refractivity contribution >= 4 is 27.6 Å². The number of carboxylic acid groups (broad SMARTS) is 1. The molecule has 21 heavy (non-hydrogen) atoms. The van der Waals surface area contributed by atoms with Gasteiger partial charge in [0.15, 0.2) is 0 Å². The fraction of sp³-hybridized carbons (Fsp3) is 0.500. The number of nitrogens with zero attached hydrogens (tertiary/aromatic N) is 1. The smallest absolute Gasteiger partial charge is 0.336 e. The summed E-state index contributed by atoms with van der Waals surface area (Å²) in [4.78, 5) is 11.2. The van der Waals surface area contributed by atoms with Crippen molar-refractivity contribution in [3.63, 3.8) is 0 Å². The Hall–Kier alpha value is -1.11. The van der Waals surface area contributed by atoms with Gasteiger partial charge >= 0.3 is 5.97 Å². The Bertz CT molecular complexity index is 676. The van der Waals surface area contributed by atoms with Gasteiger partial charge in [-0.25, -0.2) is 13.2 Å². The molecule has 0 aromatic heterocycles. The molecule has 0 saturated carbocycles.